The first-order valence-corrected chi connectivity index (χ1v) is 7.38. The zero-order valence-electron chi connectivity index (χ0n) is 12.2. The van der Waals surface area contributed by atoms with Gasteiger partial charge in [-0.1, -0.05) is 19.3 Å². The quantitative estimate of drug-likeness (QED) is 0.807. The molecule has 0 bridgehead atoms. The number of carbonyl (C=O) groups is 2. The second-order valence-electron chi connectivity index (χ2n) is 6.02. The number of carbonyl (C=O) groups excluding carboxylic acids is 1. The van der Waals surface area contributed by atoms with Crippen molar-refractivity contribution >= 4 is 12.0 Å². The number of rotatable bonds is 2. The molecule has 0 aromatic heterocycles. The first kappa shape index (κ1) is 15.1. The summed E-state index contributed by atoms with van der Waals surface area (Å²) in [5, 5.41) is 12.3. The van der Waals surface area contributed by atoms with E-state index in [0.29, 0.717) is 26.0 Å². The molecule has 1 aliphatic carbocycles. The van der Waals surface area contributed by atoms with Gasteiger partial charge in [-0.15, -0.1) is 0 Å². The van der Waals surface area contributed by atoms with Crippen LogP contribution in [0.25, 0.3) is 0 Å². The second kappa shape index (κ2) is 5.99. The summed E-state index contributed by atoms with van der Waals surface area (Å²) in [6.45, 7) is 4.83. The second-order valence-corrected chi connectivity index (χ2v) is 6.02. The van der Waals surface area contributed by atoms with Gasteiger partial charge < -0.3 is 20.1 Å². The van der Waals surface area contributed by atoms with Crippen molar-refractivity contribution in [1.82, 2.24) is 10.2 Å². The van der Waals surface area contributed by atoms with Gasteiger partial charge in [0.1, 0.15) is 5.54 Å². The Labute approximate surface area is 119 Å². The highest BCUT2D eigenvalue weighted by Crippen LogP contribution is 2.29. The Morgan fingerprint density at radius 2 is 1.90 bits per heavy atom. The Morgan fingerprint density at radius 1 is 1.25 bits per heavy atom. The summed E-state index contributed by atoms with van der Waals surface area (Å²) in [7, 11) is 0. The topological polar surface area (TPSA) is 78.9 Å². The van der Waals surface area contributed by atoms with Gasteiger partial charge in [0.2, 0.25) is 0 Å². The molecule has 0 radical (unpaired) electrons. The van der Waals surface area contributed by atoms with E-state index in [-0.39, 0.29) is 18.2 Å². The Morgan fingerprint density at radius 3 is 2.50 bits per heavy atom. The molecule has 20 heavy (non-hydrogen) atoms. The van der Waals surface area contributed by atoms with Crippen LogP contribution >= 0.6 is 0 Å². The van der Waals surface area contributed by atoms with E-state index in [9.17, 15) is 14.7 Å². The number of aliphatic carboxylic acids is 1. The average Bonchev–Trinajstić information content (AvgIpc) is 2.42. The van der Waals surface area contributed by atoms with Crippen LogP contribution in [0, 0.1) is 0 Å². The van der Waals surface area contributed by atoms with Gasteiger partial charge in [0.25, 0.3) is 0 Å². The third-order valence-electron chi connectivity index (χ3n) is 4.33. The summed E-state index contributed by atoms with van der Waals surface area (Å²) >= 11 is 0. The van der Waals surface area contributed by atoms with Crippen molar-refractivity contribution in [2.24, 2.45) is 0 Å². The Kier molecular flexibility index (Phi) is 4.52. The van der Waals surface area contributed by atoms with E-state index in [0.717, 1.165) is 19.3 Å². The third-order valence-corrected chi connectivity index (χ3v) is 4.33. The van der Waals surface area contributed by atoms with Crippen LogP contribution in [0.2, 0.25) is 0 Å². The van der Waals surface area contributed by atoms with Gasteiger partial charge in [-0.3, -0.25) is 0 Å². The standard InChI is InChI=1S/C14H24N2O4/c1-10-9-20-11(2)8-16(10)13(19)15-14(12(17)18)6-4-3-5-7-14/h10-11H,3-9H2,1-2H3,(H,15,19)(H,17,18). The van der Waals surface area contributed by atoms with Crippen LogP contribution in [-0.2, 0) is 9.53 Å². The van der Waals surface area contributed by atoms with Crippen molar-refractivity contribution < 1.29 is 19.4 Å². The van der Waals surface area contributed by atoms with Crippen LogP contribution < -0.4 is 5.32 Å². The van der Waals surface area contributed by atoms with Gasteiger partial charge >= 0.3 is 12.0 Å². The fourth-order valence-electron chi connectivity index (χ4n) is 3.01. The molecule has 2 N–H and O–H groups in total. The predicted molar refractivity (Wildman–Crippen MR) is 73.6 cm³/mol. The summed E-state index contributed by atoms with van der Waals surface area (Å²) in [5.41, 5.74) is -1.09. The smallest absolute Gasteiger partial charge is 0.329 e. The van der Waals surface area contributed by atoms with E-state index in [1.807, 2.05) is 13.8 Å². The maximum Gasteiger partial charge on any atom is 0.329 e. The van der Waals surface area contributed by atoms with E-state index in [1.54, 1.807) is 4.90 Å². The van der Waals surface area contributed by atoms with Crippen molar-refractivity contribution in [2.45, 2.75) is 63.6 Å². The lowest BCUT2D eigenvalue weighted by Crippen LogP contribution is -2.62. The molecule has 1 heterocycles. The molecule has 1 saturated heterocycles. The van der Waals surface area contributed by atoms with E-state index in [2.05, 4.69) is 5.32 Å². The molecule has 0 aromatic carbocycles. The van der Waals surface area contributed by atoms with Crippen molar-refractivity contribution in [3.8, 4) is 0 Å². The monoisotopic (exact) mass is 284 g/mol. The number of hydrogen-bond acceptors (Lipinski definition) is 3. The van der Waals surface area contributed by atoms with Crippen molar-refractivity contribution in [2.75, 3.05) is 13.2 Å². The third kappa shape index (κ3) is 3.06. The number of amides is 2. The van der Waals surface area contributed by atoms with Gasteiger partial charge in [0.05, 0.1) is 18.8 Å². The van der Waals surface area contributed by atoms with E-state index in [1.165, 1.54) is 0 Å². The molecule has 114 valence electrons. The summed E-state index contributed by atoms with van der Waals surface area (Å²) < 4.78 is 5.50. The SMILES string of the molecule is CC1CN(C(=O)NC2(C(=O)O)CCCCC2)C(C)CO1. The number of nitrogens with zero attached hydrogens (tertiary/aromatic N) is 1. The average molecular weight is 284 g/mol. The van der Waals surface area contributed by atoms with Crippen LogP contribution in [0.5, 0.6) is 0 Å². The molecule has 6 nitrogen and oxygen atoms in total. The van der Waals surface area contributed by atoms with Crippen LogP contribution in [0.15, 0.2) is 0 Å². The predicted octanol–water partition coefficient (Wildman–Crippen LogP) is 1.59. The number of carboxylic acids is 1. The van der Waals surface area contributed by atoms with Gasteiger partial charge in [-0.2, -0.15) is 0 Å². The van der Waals surface area contributed by atoms with Crippen LogP contribution in [0.3, 0.4) is 0 Å². The molecular formula is C14H24N2O4. The maximum absolute atomic E-state index is 12.4. The number of hydrogen-bond donors (Lipinski definition) is 2. The van der Waals surface area contributed by atoms with Crippen molar-refractivity contribution in [1.29, 1.82) is 0 Å². The lowest BCUT2D eigenvalue weighted by atomic mass is 9.82. The molecular weight excluding hydrogens is 260 g/mol. The molecule has 6 heteroatoms. The minimum absolute atomic E-state index is 0.0101. The van der Waals surface area contributed by atoms with Crippen LogP contribution in [0.4, 0.5) is 4.79 Å². The van der Waals surface area contributed by atoms with Crippen LogP contribution in [-0.4, -0.2) is 52.8 Å². The number of morpholine rings is 1. The van der Waals surface area contributed by atoms with Gasteiger partial charge in [0, 0.05) is 6.54 Å². The largest absolute Gasteiger partial charge is 0.480 e. The summed E-state index contributed by atoms with van der Waals surface area (Å²) in [6.07, 6.45) is 3.76. The maximum atomic E-state index is 12.4. The molecule has 2 aliphatic rings. The lowest BCUT2D eigenvalue weighted by Gasteiger charge is -2.40. The number of ether oxygens (including phenoxy) is 1. The van der Waals surface area contributed by atoms with Crippen molar-refractivity contribution in [3.63, 3.8) is 0 Å². The Bertz CT molecular complexity index is 379. The Hall–Kier alpha value is -1.30. The first-order chi connectivity index (χ1) is 9.44. The highest BCUT2D eigenvalue weighted by Gasteiger charge is 2.42. The van der Waals surface area contributed by atoms with Crippen LogP contribution in [0.1, 0.15) is 46.0 Å². The molecule has 1 saturated carbocycles. The van der Waals surface area contributed by atoms with E-state index in [4.69, 9.17) is 4.74 Å². The molecule has 0 aromatic rings. The molecule has 2 rings (SSSR count). The fourth-order valence-corrected chi connectivity index (χ4v) is 3.01. The number of nitrogens with one attached hydrogen (secondary N) is 1. The zero-order valence-corrected chi connectivity index (χ0v) is 12.2. The van der Waals surface area contributed by atoms with E-state index < -0.39 is 11.5 Å². The molecule has 2 fully saturated rings. The molecule has 2 unspecified atom stereocenters. The van der Waals surface area contributed by atoms with Crippen molar-refractivity contribution in [3.05, 3.63) is 0 Å². The molecule has 0 spiro atoms. The zero-order chi connectivity index (χ0) is 14.8. The van der Waals surface area contributed by atoms with Gasteiger partial charge in [-0.05, 0) is 26.7 Å². The highest BCUT2D eigenvalue weighted by molar-refractivity contribution is 5.86. The Balaban J connectivity index is 2.06. The minimum Gasteiger partial charge on any atom is -0.480 e. The molecule has 1 aliphatic heterocycles. The minimum atomic E-state index is -1.09. The summed E-state index contributed by atoms with van der Waals surface area (Å²) in [5.74, 6) is -0.917. The fraction of sp³-hybridized carbons (Fsp3) is 0.857. The number of carboxylic acid groups (broad SMARTS) is 1. The molecule has 2 amide bonds. The van der Waals surface area contributed by atoms with Gasteiger partial charge in [0.15, 0.2) is 0 Å². The number of urea groups is 1. The first-order valence-electron chi connectivity index (χ1n) is 7.38. The van der Waals surface area contributed by atoms with E-state index >= 15 is 0 Å². The molecule has 2 atom stereocenters. The normalized spacial score (nSPS) is 29.8. The van der Waals surface area contributed by atoms with Gasteiger partial charge in [-0.25, -0.2) is 9.59 Å². The summed E-state index contributed by atoms with van der Waals surface area (Å²) in [4.78, 5) is 25.7. The highest BCUT2D eigenvalue weighted by atomic mass is 16.5. The lowest BCUT2D eigenvalue weighted by molar-refractivity contribution is -0.146. The summed E-state index contributed by atoms with van der Waals surface area (Å²) in [6, 6.07) is -0.308.